The van der Waals surface area contributed by atoms with E-state index < -0.39 is 0 Å². The van der Waals surface area contributed by atoms with Crippen LogP contribution in [0.3, 0.4) is 0 Å². The molecule has 0 aromatic carbocycles. The van der Waals surface area contributed by atoms with Crippen LogP contribution in [0.25, 0.3) is 0 Å². The van der Waals surface area contributed by atoms with Crippen molar-refractivity contribution in [3.63, 3.8) is 0 Å². The Morgan fingerprint density at radius 2 is 2.11 bits per heavy atom. The summed E-state index contributed by atoms with van der Waals surface area (Å²) in [5.41, 5.74) is 5.50. The van der Waals surface area contributed by atoms with E-state index in [0.29, 0.717) is 64.0 Å². The smallest absolute Gasteiger partial charge is 0.236 e. The summed E-state index contributed by atoms with van der Waals surface area (Å²) in [5, 5.41) is 0. The molecule has 0 aromatic heterocycles. The lowest BCUT2D eigenvalue weighted by Gasteiger charge is -2.29. The van der Waals surface area contributed by atoms with Crippen molar-refractivity contribution in [2.45, 2.75) is 6.42 Å². The molecule has 1 aliphatic heterocycles. The van der Waals surface area contributed by atoms with Crippen LogP contribution in [0.5, 0.6) is 0 Å². The number of hydrogen-bond donors (Lipinski definition) is 1. The molecule has 1 heterocycles. The zero-order valence-corrected chi connectivity index (χ0v) is 12.3. The molecular weight excluding hydrogens is 266 g/mol. The normalized spacial score (nSPS) is 15.8. The van der Waals surface area contributed by atoms with E-state index in [2.05, 4.69) is 0 Å². The van der Waals surface area contributed by atoms with Crippen molar-refractivity contribution in [1.29, 1.82) is 0 Å². The van der Waals surface area contributed by atoms with Crippen molar-refractivity contribution in [3.05, 3.63) is 0 Å². The van der Waals surface area contributed by atoms with E-state index in [1.807, 2.05) is 9.80 Å². The fraction of sp³-hybridized carbons (Fsp3) is 0.833. The summed E-state index contributed by atoms with van der Waals surface area (Å²) in [7, 11) is 1.65. The number of methoxy groups -OCH3 is 1. The van der Waals surface area contributed by atoms with Gasteiger partial charge in [-0.3, -0.25) is 9.69 Å². The van der Waals surface area contributed by atoms with Crippen LogP contribution in [-0.2, 0) is 14.3 Å². The monoisotopic (exact) mass is 289 g/mol. The van der Waals surface area contributed by atoms with Gasteiger partial charge in [0.05, 0.1) is 31.4 Å². The van der Waals surface area contributed by atoms with E-state index in [1.54, 1.807) is 7.11 Å². The van der Waals surface area contributed by atoms with Gasteiger partial charge in [0.1, 0.15) is 0 Å². The van der Waals surface area contributed by atoms with Gasteiger partial charge < -0.3 is 20.1 Å². The summed E-state index contributed by atoms with van der Waals surface area (Å²) in [6.45, 7) is 4.95. The van der Waals surface area contributed by atoms with E-state index in [4.69, 9.17) is 27.4 Å². The molecule has 19 heavy (non-hydrogen) atoms. The van der Waals surface area contributed by atoms with Crippen molar-refractivity contribution < 1.29 is 14.3 Å². The third kappa shape index (κ3) is 6.81. The Bertz CT molecular complexity index is 296. The maximum atomic E-state index is 12.1. The molecule has 0 aliphatic carbocycles. The minimum Gasteiger partial charge on any atom is -0.393 e. The fourth-order valence-corrected chi connectivity index (χ4v) is 1.95. The van der Waals surface area contributed by atoms with Gasteiger partial charge in [-0.2, -0.15) is 0 Å². The molecule has 0 saturated carbocycles. The van der Waals surface area contributed by atoms with Crippen LogP contribution in [0.2, 0.25) is 0 Å². The molecule has 1 fully saturated rings. The van der Waals surface area contributed by atoms with E-state index in [1.165, 1.54) is 0 Å². The molecule has 0 unspecified atom stereocenters. The standard InChI is InChI=1S/C12H23N3O3S/c1-17-7-4-14(3-2-11(13)19)10-12(16)15-5-8-18-9-6-15/h2-10H2,1H3,(H2,13,19). The second-order valence-corrected chi connectivity index (χ2v) is 5.00. The Morgan fingerprint density at radius 1 is 1.42 bits per heavy atom. The number of nitrogens with zero attached hydrogens (tertiary/aromatic N) is 2. The molecular formula is C12H23N3O3S. The molecule has 1 amide bonds. The average molecular weight is 289 g/mol. The summed E-state index contributed by atoms with van der Waals surface area (Å²) in [4.78, 5) is 16.5. The van der Waals surface area contributed by atoms with Gasteiger partial charge in [0.25, 0.3) is 0 Å². The van der Waals surface area contributed by atoms with Gasteiger partial charge in [-0.25, -0.2) is 0 Å². The quantitative estimate of drug-likeness (QED) is 0.606. The number of hydrogen-bond acceptors (Lipinski definition) is 5. The number of rotatable bonds is 8. The maximum absolute atomic E-state index is 12.1. The zero-order valence-electron chi connectivity index (χ0n) is 11.5. The summed E-state index contributed by atoms with van der Waals surface area (Å²) >= 11 is 4.87. The molecule has 0 radical (unpaired) electrons. The highest BCUT2D eigenvalue weighted by molar-refractivity contribution is 7.80. The van der Waals surface area contributed by atoms with E-state index in [0.717, 1.165) is 0 Å². The van der Waals surface area contributed by atoms with Crippen LogP contribution >= 0.6 is 12.2 Å². The Labute approximate surface area is 119 Å². The third-order valence-corrected chi connectivity index (χ3v) is 3.21. The second kappa shape index (κ2) is 9.19. The van der Waals surface area contributed by atoms with Crippen LogP contribution in [-0.4, -0.2) is 80.3 Å². The maximum Gasteiger partial charge on any atom is 0.236 e. The molecule has 1 aliphatic rings. The number of nitrogens with two attached hydrogens (primary N) is 1. The highest BCUT2D eigenvalue weighted by Crippen LogP contribution is 2.01. The summed E-state index contributed by atoms with van der Waals surface area (Å²) in [6.07, 6.45) is 0.620. The van der Waals surface area contributed by atoms with Crippen LogP contribution < -0.4 is 5.73 Å². The summed E-state index contributed by atoms with van der Waals surface area (Å²) < 4.78 is 10.3. The SMILES string of the molecule is COCCN(CCC(N)=S)CC(=O)N1CCOCC1. The average Bonchev–Trinajstić information content (AvgIpc) is 2.42. The number of thiocarbonyl (C=S) groups is 1. The third-order valence-electron chi connectivity index (χ3n) is 3.01. The first kappa shape index (κ1) is 16.3. The van der Waals surface area contributed by atoms with Gasteiger partial charge in [0, 0.05) is 39.7 Å². The van der Waals surface area contributed by atoms with E-state index in [9.17, 15) is 4.79 Å². The van der Waals surface area contributed by atoms with E-state index >= 15 is 0 Å². The molecule has 0 bridgehead atoms. The highest BCUT2D eigenvalue weighted by atomic mass is 32.1. The first-order valence-electron chi connectivity index (χ1n) is 6.48. The summed E-state index contributed by atoms with van der Waals surface area (Å²) in [5.74, 6) is 0.127. The molecule has 110 valence electrons. The van der Waals surface area contributed by atoms with Crippen LogP contribution in [0.1, 0.15) is 6.42 Å². The molecule has 6 nitrogen and oxygen atoms in total. The van der Waals surface area contributed by atoms with Gasteiger partial charge in [0.15, 0.2) is 0 Å². The van der Waals surface area contributed by atoms with Crippen molar-refractivity contribution in [1.82, 2.24) is 9.80 Å². The lowest BCUT2D eigenvalue weighted by atomic mass is 10.3. The second-order valence-electron chi connectivity index (χ2n) is 4.48. The Morgan fingerprint density at radius 3 is 2.68 bits per heavy atom. The number of carbonyl (C=O) groups excluding carboxylic acids is 1. The van der Waals surface area contributed by atoms with Crippen molar-refractivity contribution in [3.8, 4) is 0 Å². The topological polar surface area (TPSA) is 68.0 Å². The molecule has 1 rings (SSSR count). The van der Waals surface area contributed by atoms with Gasteiger partial charge in [-0.15, -0.1) is 0 Å². The van der Waals surface area contributed by atoms with Gasteiger partial charge >= 0.3 is 0 Å². The Hall–Kier alpha value is -0.760. The number of morpholine rings is 1. The molecule has 0 atom stereocenters. The zero-order chi connectivity index (χ0) is 14.1. The van der Waals surface area contributed by atoms with Crippen LogP contribution in [0, 0.1) is 0 Å². The van der Waals surface area contributed by atoms with Crippen LogP contribution in [0.4, 0.5) is 0 Å². The van der Waals surface area contributed by atoms with E-state index in [-0.39, 0.29) is 5.91 Å². The first-order valence-corrected chi connectivity index (χ1v) is 6.89. The molecule has 1 saturated heterocycles. The summed E-state index contributed by atoms with van der Waals surface area (Å²) in [6, 6.07) is 0. The minimum absolute atomic E-state index is 0.127. The van der Waals surface area contributed by atoms with Gasteiger partial charge in [0.2, 0.25) is 5.91 Å². The predicted molar refractivity (Wildman–Crippen MR) is 77.1 cm³/mol. The highest BCUT2D eigenvalue weighted by Gasteiger charge is 2.19. The van der Waals surface area contributed by atoms with Crippen LogP contribution in [0.15, 0.2) is 0 Å². The Balaban J connectivity index is 2.39. The largest absolute Gasteiger partial charge is 0.393 e. The molecule has 2 N–H and O–H groups in total. The number of amides is 1. The van der Waals surface area contributed by atoms with Crippen molar-refractivity contribution in [2.75, 3.05) is 59.7 Å². The minimum atomic E-state index is 0.127. The van der Waals surface area contributed by atoms with Gasteiger partial charge in [-0.1, -0.05) is 12.2 Å². The number of ether oxygens (including phenoxy) is 2. The molecule has 0 spiro atoms. The predicted octanol–water partition coefficient (Wildman–Crippen LogP) is -0.530. The van der Waals surface area contributed by atoms with Gasteiger partial charge in [-0.05, 0) is 0 Å². The number of carbonyl (C=O) groups is 1. The molecule has 7 heteroatoms. The lowest BCUT2D eigenvalue weighted by Crippen LogP contribution is -2.46. The lowest BCUT2D eigenvalue weighted by molar-refractivity contribution is -0.136. The first-order chi connectivity index (χ1) is 9.13. The van der Waals surface area contributed by atoms with Crippen molar-refractivity contribution >= 4 is 23.1 Å². The molecule has 0 aromatic rings. The van der Waals surface area contributed by atoms with Crippen molar-refractivity contribution in [2.24, 2.45) is 5.73 Å². The Kier molecular flexibility index (Phi) is 7.88. The fourth-order valence-electron chi connectivity index (χ4n) is 1.86.